The van der Waals surface area contributed by atoms with Crippen LogP contribution in [0, 0.1) is 5.92 Å². The molecule has 1 aromatic carbocycles. The first-order valence-electron chi connectivity index (χ1n) is 10.5. The first-order valence-corrected chi connectivity index (χ1v) is 10.5. The van der Waals surface area contributed by atoms with Gasteiger partial charge in [0.2, 0.25) is 5.91 Å². The Labute approximate surface area is 198 Å². The first-order chi connectivity index (χ1) is 13.9. The molecule has 1 amide bonds. The van der Waals surface area contributed by atoms with Crippen LogP contribution in [-0.4, -0.2) is 63.3 Å². The fourth-order valence-corrected chi connectivity index (χ4v) is 3.25. The normalized spacial score (nSPS) is 16.7. The Hall–Kier alpha value is -1.55. The van der Waals surface area contributed by atoms with E-state index in [1.54, 1.807) is 19.0 Å². The number of hydrogen-bond donors (Lipinski definition) is 2. The third-order valence-electron chi connectivity index (χ3n) is 4.99. The van der Waals surface area contributed by atoms with E-state index in [9.17, 15) is 4.79 Å². The largest absolute Gasteiger partial charge is 0.493 e. The molecule has 1 heterocycles. The number of nitrogens with one attached hydrogen (secondary N) is 2. The molecule has 2 unspecified atom stereocenters. The number of benzene rings is 1. The van der Waals surface area contributed by atoms with Crippen LogP contribution in [-0.2, 0) is 9.53 Å². The quantitative estimate of drug-likeness (QED) is 0.290. The minimum atomic E-state index is -0.0344. The fraction of sp³-hybridized carbons (Fsp3) is 0.636. The second kappa shape index (κ2) is 13.7. The summed E-state index contributed by atoms with van der Waals surface area (Å²) in [5.41, 5.74) is 1.11. The molecule has 1 aliphatic rings. The number of likely N-dealkylation sites (N-methyl/N-ethyl adjacent to an activating group) is 1. The molecular weight excluding hydrogens is 495 g/mol. The lowest BCUT2D eigenvalue weighted by Gasteiger charge is -2.28. The van der Waals surface area contributed by atoms with Crippen LogP contribution in [0.4, 0.5) is 0 Å². The van der Waals surface area contributed by atoms with E-state index in [1.165, 1.54) is 0 Å². The average Bonchev–Trinajstić information content (AvgIpc) is 2.70. The van der Waals surface area contributed by atoms with Crippen LogP contribution in [0.2, 0.25) is 0 Å². The molecule has 2 N–H and O–H groups in total. The molecule has 2 atom stereocenters. The molecule has 0 aromatic heterocycles. The number of aliphatic imine (C=N–C) groups is 1. The van der Waals surface area contributed by atoms with Crippen LogP contribution in [0.1, 0.15) is 45.2 Å². The van der Waals surface area contributed by atoms with Gasteiger partial charge in [-0.25, -0.2) is 4.99 Å². The highest BCUT2D eigenvalue weighted by molar-refractivity contribution is 14.0. The summed E-state index contributed by atoms with van der Waals surface area (Å²) in [6.45, 7) is 8.54. The third kappa shape index (κ3) is 8.29. The van der Waals surface area contributed by atoms with Crippen LogP contribution in [0.15, 0.2) is 29.3 Å². The number of ether oxygens (including phenoxy) is 2. The van der Waals surface area contributed by atoms with E-state index >= 15 is 0 Å². The predicted molar refractivity (Wildman–Crippen MR) is 132 cm³/mol. The van der Waals surface area contributed by atoms with Crippen molar-refractivity contribution >= 4 is 35.8 Å². The van der Waals surface area contributed by atoms with Crippen molar-refractivity contribution in [3.8, 4) is 5.75 Å². The highest BCUT2D eigenvalue weighted by atomic mass is 127. The van der Waals surface area contributed by atoms with Crippen molar-refractivity contribution in [2.75, 3.05) is 40.4 Å². The summed E-state index contributed by atoms with van der Waals surface area (Å²) >= 11 is 0. The number of hydrogen-bond acceptors (Lipinski definition) is 4. The maximum Gasteiger partial charge on any atom is 0.243 e. The summed E-state index contributed by atoms with van der Waals surface area (Å²) in [4.78, 5) is 18.1. The number of amides is 1. The molecule has 0 bridgehead atoms. The smallest absolute Gasteiger partial charge is 0.243 e. The number of fused-ring (bicyclic) bond motifs is 1. The van der Waals surface area contributed by atoms with E-state index in [0.717, 1.165) is 30.7 Å². The topological polar surface area (TPSA) is 75.2 Å². The van der Waals surface area contributed by atoms with E-state index < -0.39 is 0 Å². The Kier molecular flexibility index (Phi) is 12.1. The van der Waals surface area contributed by atoms with Gasteiger partial charge in [-0.3, -0.25) is 4.79 Å². The molecular formula is C22H37IN4O3. The summed E-state index contributed by atoms with van der Waals surface area (Å²) in [6.07, 6.45) is 1.91. The number of carbonyl (C=O) groups is 1. The van der Waals surface area contributed by atoms with Gasteiger partial charge in [0.25, 0.3) is 0 Å². The minimum Gasteiger partial charge on any atom is -0.493 e. The number of halogens is 1. The zero-order valence-electron chi connectivity index (χ0n) is 18.8. The Morgan fingerprint density at radius 2 is 2.07 bits per heavy atom. The standard InChI is InChI=1S/C22H36N4O3.HI/c1-6-28-19(16(2)3)11-13-23-22(24-15-21(27)26(4)5)25-18-12-14-29-20-10-8-7-9-17(18)20;/h7-10,16,18-19H,6,11-15H2,1-5H3,(H2,23,24,25);1H. The SMILES string of the molecule is CCOC(CCNC(=NCC(=O)N(C)C)NC1CCOc2ccccc21)C(C)C.I. The van der Waals surface area contributed by atoms with E-state index in [4.69, 9.17) is 9.47 Å². The summed E-state index contributed by atoms with van der Waals surface area (Å²) in [6, 6.07) is 8.13. The lowest BCUT2D eigenvalue weighted by molar-refractivity contribution is -0.127. The lowest BCUT2D eigenvalue weighted by Crippen LogP contribution is -2.43. The van der Waals surface area contributed by atoms with Gasteiger partial charge in [0.05, 0.1) is 18.8 Å². The van der Waals surface area contributed by atoms with Gasteiger partial charge in [-0.1, -0.05) is 32.0 Å². The zero-order valence-corrected chi connectivity index (χ0v) is 21.1. The van der Waals surface area contributed by atoms with Gasteiger partial charge in [-0.2, -0.15) is 0 Å². The van der Waals surface area contributed by atoms with Gasteiger partial charge in [-0.15, -0.1) is 24.0 Å². The van der Waals surface area contributed by atoms with Gasteiger partial charge >= 0.3 is 0 Å². The predicted octanol–water partition coefficient (Wildman–Crippen LogP) is 3.20. The first kappa shape index (κ1) is 26.5. The Morgan fingerprint density at radius 1 is 1.33 bits per heavy atom. The molecule has 0 saturated heterocycles. The summed E-state index contributed by atoms with van der Waals surface area (Å²) < 4.78 is 11.6. The van der Waals surface area contributed by atoms with Crippen molar-refractivity contribution in [1.29, 1.82) is 0 Å². The Balaban J connectivity index is 0.00000450. The molecule has 170 valence electrons. The van der Waals surface area contributed by atoms with Crippen molar-refractivity contribution in [3.05, 3.63) is 29.8 Å². The van der Waals surface area contributed by atoms with Crippen LogP contribution < -0.4 is 15.4 Å². The summed E-state index contributed by atoms with van der Waals surface area (Å²) in [5.74, 6) is 1.95. The molecule has 1 aliphatic heterocycles. The molecule has 0 fully saturated rings. The third-order valence-corrected chi connectivity index (χ3v) is 4.99. The highest BCUT2D eigenvalue weighted by Crippen LogP contribution is 2.31. The number of para-hydroxylation sites is 1. The van der Waals surface area contributed by atoms with Crippen molar-refractivity contribution < 1.29 is 14.3 Å². The fourth-order valence-electron chi connectivity index (χ4n) is 3.25. The molecule has 0 aliphatic carbocycles. The maximum absolute atomic E-state index is 12.0. The molecule has 7 nitrogen and oxygen atoms in total. The average molecular weight is 532 g/mol. The molecule has 30 heavy (non-hydrogen) atoms. The van der Waals surface area contributed by atoms with Crippen molar-refractivity contribution in [2.45, 2.75) is 45.8 Å². The summed E-state index contributed by atoms with van der Waals surface area (Å²) in [5, 5.41) is 6.87. The number of carbonyl (C=O) groups excluding carboxylic acids is 1. The van der Waals surface area contributed by atoms with Crippen molar-refractivity contribution in [2.24, 2.45) is 10.9 Å². The monoisotopic (exact) mass is 532 g/mol. The number of rotatable bonds is 9. The Morgan fingerprint density at radius 3 is 2.73 bits per heavy atom. The van der Waals surface area contributed by atoms with Gasteiger partial charge in [0.15, 0.2) is 5.96 Å². The number of nitrogens with zero attached hydrogens (tertiary/aromatic N) is 2. The van der Waals surface area contributed by atoms with E-state index in [1.807, 2.05) is 25.1 Å². The van der Waals surface area contributed by atoms with Gasteiger partial charge in [0.1, 0.15) is 12.3 Å². The second-order valence-electron chi connectivity index (χ2n) is 7.78. The van der Waals surface area contributed by atoms with E-state index in [-0.39, 0.29) is 48.6 Å². The lowest BCUT2D eigenvalue weighted by atomic mass is 10.0. The zero-order chi connectivity index (χ0) is 21.2. The Bertz CT molecular complexity index is 682. The minimum absolute atomic E-state index is 0. The van der Waals surface area contributed by atoms with Crippen LogP contribution in [0.3, 0.4) is 0 Å². The molecule has 0 radical (unpaired) electrons. The molecule has 2 rings (SSSR count). The van der Waals surface area contributed by atoms with Crippen LogP contribution in [0.5, 0.6) is 5.75 Å². The molecule has 0 saturated carbocycles. The van der Waals surface area contributed by atoms with Gasteiger partial charge in [-0.05, 0) is 25.3 Å². The summed E-state index contributed by atoms with van der Waals surface area (Å²) in [7, 11) is 3.48. The molecule has 1 aromatic rings. The van der Waals surface area contributed by atoms with Gasteiger partial charge in [0, 0.05) is 39.2 Å². The second-order valence-corrected chi connectivity index (χ2v) is 7.78. The van der Waals surface area contributed by atoms with Crippen LogP contribution in [0.25, 0.3) is 0 Å². The van der Waals surface area contributed by atoms with E-state index in [0.29, 0.717) is 25.1 Å². The van der Waals surface area contributed by atoms with Crippen molar-refractivity contribution in [3.63, 3.8) is 0 Å². The highest BCUT2D eigenvalue weighted by Gasteiger charge is 2.22. The van der Waals surface area contributed by atoms with E-state index in [2.05, 4.69) is 35.5 Å². The number of guanidine groups is 1. The van der Waals surface area contributed by atoms with Gasteiger partial charge < -0.3 is 25.0 Å². The molecule has 8 heteroatoms. The molecule has 0 spiro atoms. The van der Waals surface area contributed by atoms with Crippen LogP contribution >= 0.6 is 24.0 Å². The van der Waals surface area contributed by atoms with Crippen molar-refractivity contribution in [1.82, 2.24) is 15.5 Å². The maximum atomic E-state index is 12.0.